The molecule has 2 unspecified atom stereocenters. The van der Waals surface area contributed by atoms with Crippen LogP contribution in [0.5, 0.6) is 0 Å². The van der Waals surface area contributed by atoms with Crippen LogP contribution in [0.3, 0.4) is 0 Å². The quantitative estimate of drug-likeness (QED) is 0.455. The standard InChI is InChI=1S/C27H35B/c1-17-11-19(3)26(20(4)12-17)28(27-21(5)13-18(2)14-22(27)6)10-9-25-16-23-7-8-24(25)15-23/h11-14,16,23-24H,7-10,15H2,1-6H3. The van der Waals surface area contributed by atoms with E-state index in [2.05, 4.69) is 71.9 Å². The minimum Gasteiger partial charge on any atom is -0.0819 e. The summed E-state index contributed by atoms with van der Waals surface area (Å²) in [7, 11) is 0. The second-order valence-corrected chi connectivity index (χ2v) is 9.73. The van der Waals surface area contributed by atoms with Crippen LogP contribution in [0.25, 0.3) is 0 Å². The van der Waals surface area contributed by atoms with Gasteiger partial charge >= 0.3 is 0 Å². The summed E-state index contributed by atoms with van der Waals surface area (Å²) in [6.07, 6.45) is 9.45. The van der Waals surface area contributed by atoms with Gasteiger partial charge in [-0.3, -0.25) is 0 Å². The fourth-order valence-corrected chi connectivity index (χ4v) is 6.46. The maximum absolute atomic E-state index is 2.63. The van der Waals surface area contributed by atoms with Gasteiger partial charge in [-0.15, -0.1) is 0 Å². The molecule has 1 saturated carbocycles. The molecule has 0 aromatic heterocycles. The molecule has 0 radical (unpaired) electrons. The molecule has 2 aromatic rings. The van der Waals surface area contributed by atoms with E-state index >= 15 is 0 Å². The largest absolute Gasteiger partial charge is 0.211 e. The van der Waals surface area contributed by atoms with Gasteiger partial charge in [0.2, 0.25) is 6.71 Å². The zero-order chi connectivity index (χ0) is 20.0. The van der Waals surface area contributed by atoms with Crippen LogP contribution < -0.4 is 10.9 Å². The van der Waals surface area contributed by atoms with Crippen LogP contribution in [0.15, 0.2) is 35.9 Å². The van der Waals surface area contributed by atoms with Crippen molar-refractivity contribution < 1.29 is 0 Å². The molecule has 2 aliphatic rings. The number of rotatable bonds is 5. The van der Waals surface area contributed by atoms with Crippen molar-refractivity contribution in [3.63, 3.8) is 0 Å². The SMILES string of the molecule is Cc1cc(C)c(B(CCC2=CC3CCC2C3)c2c(C)cc(C)cc2C)c(C)c1. The fourth-order valence-electron chi connectivity index (χ4n) is 6.46. The Morgan fingerprint density at radius 2 is 1.25 bits per heavy atom. The van der Waals surface area contributed by atoms with Gasteiger partial charge in [-0.25, -0.2) is 0 Å². The van der Waals surface area contributed by atoms with Crippen molar-refractivity contribution in [2.24, 2.45) is 11.8 Å². The molecule has 2 atom stereocenters. The maximum Gasteiger partial charge on any atom is 0.211 e. The summed E-state index contributed by atoms with van der Waals surface area (Å²) >= 11 is 0. The van der Waals surface area contributed by atoms with E-state index in [4.69, 9.17) is 0 Å². The highest BCUT2D eigenvalue weighted by atomic mass is 14.4. The van der Waals surface area contributed by atoms with Crippen molar-refractivity contribution in [1.29, 1.82) is 0 Å². The van der Waals surface area contributed by atoms with Gasteiger partial charge in [0.1, 0.15) is 0 Å². The van der Waals surface area contributed by atoms with E-state index in [1.54, 1.807) is 16.5 Å². The van der Waals surface area contributed by atoms with E-state index in [9.17, 15) is 0 Å². The van der Waals surface area contributed by atoms with Crippen LogP contribution in [-0.4, -0.2) is 6.71 Å². The van der Waals surface area contributed by atoms with Crippen LogP contribution in [0.2, 0.25) is 6.32 Å². The Balaban J connectivity index is 1.75. The molecule has 0 aliphatic heterocycles. The Morgan fingerprint density at radius 1 is 0.750 bits per heavy atom. The van der Waals surface area contributed by atoms with Crippen LogP contribution in [0.4, 0.5) is 0 Å². The summed E-state index contributed by atoms with van der Waals surface area (Å²) in [5, 5.41) is 0. The Labute approximate surface area is 172 Å². The topological polar surface area (TPSA) is 0 Å². The highest BCUT2D eigenvalue weighted by Crippen LogP contribution is 2.45. The van der Waals surface area contributed by atoms with E-state index in [-0.39, 0.29) is 0 Å². The number of hydrogen-bond donors (Lipinski definition) is 0. The van der Waals surface area contributed by atoms with Gasteiger partial charge < -0.3 is 0 Å². The van der Waals surface area contributed by atoms with Gasteiger partial charge in [0.05, 0.1) is 0 Å². The smallest absolute Gasteiger partial charge is 0.0819 e. The average molecular weight is 370 g/mol. The summed E-state index contributed by atoms with van der Waals surface area (Å²) in [4.78, 5) is 0. The second-order valence-electron chi connectivity index (χ2n) is 9.73. The molecule has 0 heterocycles. The molecular formula is C27H35B. The van der Waals surface area contributed by atoms with Crippen LogP contribution in [-0.2, 0) is 0 Å². The van der Waals surface area contributed by atoms with Gasteiger partial charge in [0.15, 0.2) is 0 Å². The Hall–Kier alpha value is -1.76. The van der Waals surface area contributed by atoms with Crippen molar-refractivity contribution in [3.8, 4) is 0 Å². The second kappa shape index (κ2) is 7.58. The molecule has 28 heavy (non-hydrogen) atoms. The normalized spacial score (nSPS) is 20.6. The molecule has 2 bridgehead atoms. The number of hydrogen-bond acceptors (Lipinski definition) is 0. The first-order chi connectivity index (χ1) is 13.3. The summed E-state index contributed by atoms with van der Waals surface area (Å²) in [6, 6.07) is 9.52. The van der Waals surface area contributed by atoms with Gasteiger partial charge in [0, 0.05) is 0 Å². The lowest BCUT2D eigenvalue weighted by molar-refractivity contribution is 0.635. The lowest BCUT2D eigenvalue weighted by atomic mass is 9.35. The van der Waals surface area contributed by atoms with E-state index < -0.39 is 0 Å². The third-order valence-electron chi connectivity index (χ3n) is 7.34. The highest BCUT2D eigenvalue weighted by Gasteiger charge is 2.34. The first-order valence-corrected chi connectivity index (χ1v) is 11.2. The van der Waals surface area contributed by atoms with Crippen molar-refractivity contribution >= 4 is 17.6 Å². The number of benzene rings is 2. The van der Waals surface area contributed by atoms with Crippen LogP contribution in [0.1, 0.15) is 59.1 Å². The summed E-state index contributed by atoms with van der Waals surface area (Å²) in [5.74, 6) is 1.79. The third kappa shape index (κ3) is 3.61. The minimum atomic E-state index is 0.501. The van der Waals surface area contributed by atoms with E-state index in [1.807, 2.05) is 0 Å². The first kappa shape index (κ1) is 19.6. The van der Waals surface area contributed by atoms with Gasteiger partial charge in [-0.1, -0.05) is 86.5 Å². The third-order valence-corrected chi connectivity index (χ3v) is 7.34. The molecule has 2 aromatic carbocycles. The molecule has 0 spiro atoms. The molecule has 0 nitrogen and oxygen atoms in total. The Morgan fingerprint density at radius 3 is 1.64 bits per heavy atom. The van der Waals surface area contributed by atoms with Gasteiger partial charge in [-0.05, 0) is 79.1 Å². The molecular weight excluding hydrogens is 335 g/mol. The number of aryl methyl sites for hydroxylation is 6. The molecule has 2 aliphatic carbocycles. The fraction of sp³-hybridized carbons (Fsp3) is 0.481. The van der Waals surface area contributed by atoms with Crippen molar-refractivity contribution in [3.05, 3.63) is 69.3 Å². The predicted octanol–water partition coefficient (Wildman–Crippen LogP) is 5.89. The highest BCUT2D eigenvalue weighted by molar-refractivity contribution is 6.86. The van der Waals surface area contributed by atoms with Gasteiger partial charge in [-0.2, -0.15) is 0 Å². The molecule has 0 amide bonds. The molecule has 0 N–H and O–H groups in total. The van der Waals surface area contributed by atoms with Crippen LogP contribution >= 0.6 is 0 Å². The molecule has 1 heteroatoms. The number of allylic oxidation sites excluding steroid dienone is 2. The predicted molar refractivity (Wildman–Crippen MR) is 125 cm³/mol. The zero-order valence-electron chi connectivity index (χ0n) is 18.7. The summed E-state index contributed by atoms with van der Waals surface area (Å²) in [6.45, 7) is 14.2. The monoisotopic (exact) mass is 370 g/mol. The van der Waals surface area contributed by atoms with Crippen molar-refractivity contribution in [2.45, 2.75) is 73.5 Å². The van der Waals surface area contributed by atoms with Crippen molar-refractivity contribution in [1.82, 2.24) is 0 Å². The lowest BCUT2D eigenvalue weighted by Gasteiger charge is -2.25. The molecule has 146 valence electrons. The van der Waals surface area contributed by atoms with E-state index in [1.165, 1.54) is 65.4 Å². The Bertz CT molecular complexity index is 830. The lowest BCUT2D eigenvalue weighted by Crippen LogP contribution is -2.47. The molecule has 1 fully saturated rings. The average Bonchev–Trinajstić information content (AvgIpc) is 3.20. The maximum atomic E-state index is 2.63. The number of fused-ring (bicyclic) bond motifs is 2. The Kier molecular flexibility index (Phi) is 5.29. The van der Waals surface area contributed by atoms with Crippen molar-refractivity contribution in [2.75, 3.05) is 0 Å². The van der Waals surface area contributed by atoms with E-state index in [0.717, 1.165) is 11.8 Å². The first-order valence-electron chi connectivity index (χ1n) is 11.2. The molecule has 0 saturated heterocycles. The minimum absolute atomic E-state index is 0.501. The zero-order valence-corrected chi connectivity index (χ0v) is 18.7. The van der Waals surface area contributed by atoms with Gasteiger partial charge in [0.25, 0.3) is 0 Å². The summed E-state index contributed by atoms with van der Waals surface area (Å²) in [5.41, 5.74) is 13.5. The van der Waals surface area contributed by atoms with Crippen LogP contribution in [0, 0.1) is 53.4 Å². The summed E-state index contributed by atoms with van der Waals surface area (Å²) < 4.78 is 0. The van der Waals surface area contributed by atoms with E-state index in [0.29, 0.717) is 6.71 Å². The molecule has 4 rings (SSSR count).